The Bertz CT molecular complexity index is 739. The molecule has 0 aliphatic rings. The Morgan fingerprint density at radius 3 is 2.23 bits per heavy atom. The molecule has 2 aromatic rings. The molecule has 0 saturated heterocycles. The quantitative estimate of drug-likeness (QED) is 0.254. The van der Waals surface area contributed by atoms with E-state index in [9.17, 15) is 9.90 Å². The van der Waals surface area contributed by atoms with Crippen molar-refractivity contribution in [1.29, 1.82) is 0 Å². The highest BCUT2D eigenvalue weighted by atomic mass is 16.7. The summed E-state index contributed by atoms with van der Waals surface area (Å²) in [6.07, 6.45) is 10.2. The summed E-state index contributed by atoms with van der Waals surface area (Å²) in [5.41, 5.74) is 5.13. The van der Waals surface area contributed by atoms with Crippen molar-refractivity contribution >= 4 is 6.16 Å². The molecule has 0 fully saturated rings. The molecule has 2 aromatic carbocycles. The highest BCUT2D eigenvalue weighted by molar-refractivity contribution is 5.57. The Balaban J connectivity index is 1.88. The molecule has 0 aliphatic carbocycles. The van der Waals surface area contributed by atoms with Gasteiger partial charge in [-0.25, -0.2) is 4.79 Å². The monoisotopic (exact) mass is 410 g/mol. The van der Waals surface area contributed by atoms with Gasteiger partial charge in [0.15, 0.2) is 0 Å². The lowest BCUT2D eigenvalue weighted by atomic mass is 9.90. The number of rotatable bonds is 14. The zero-order valence-corrected chi connectivity index (χ0v) is 18.7. The first-order valence-electron chi connectivity index (χ1n) is 11.7. The lowest BCUT2D eigenvalue weighted by Gasteiger charge is -2.22. The fourth-order valence-electron chi connectivity index (χ4n) is 4.25. The zero-order valence-electron chi connectivity index (χ0n) is 18.7. The van der Waals surface area contributed by atoms with Crippen LogP contribution in [0.1, 0.15) is 93.6 Å². The highest BCUT2D eigenvalue weighted by Gasteiger charge is 2.20. The van der Waals surface area contributed by atoms with Crippen molar-refractivity contribution in [2.24, 2.45) is 0 Å². The molecule has 1 unspecified atom stereocenters. The van der Waals surface area contributed by atoms with Crippen LogP contribution in [0.3, 0.4) is 0 Å². The van der Waals surface area contributed by atoms with Gasteiger partial charge in [-0.15, -0.1) is 0 Å². The van der Waals surface area contributed by atoms with Crippen LogP contribution in [0.2, 0.25) is 0 Å². The molecule has 164 valence electrons. The molecule has 0 bridgehead atoms. The van der Waals surface area contributed by atoms with E-state index in [4.69, 9.17) is 4.74 Å². The molecule has 0 radical (unpaired) electrons. The number of hydrogen-bond donors (Lipinski definition) is 1. The Labute approximate surface area is 182 Å². The number of benzene rings is 2. The smallest absolute Gasteiger partial charge is 0.450 e. The highest BCUT2D eigenvalue weighted by Crippen LogP contribution is 2.31. The van der Waals surface area contributed by atoms with E-state index in [1.165, 1.54) is 36.0 Å². The molecule has 3 heteroatoms. The van der Waals surface area contributed by atoms with Gasteiger partial charge >= 0.3 is 6.16 Å². The normalized spacial score (nSPS) is 11.9. The molecule has 0 aromatic heterocycles. The van der Waals surface area contributed by atoms with Gasteiger partial charge in [-0.3, -0.25) is 0 Å². The van der Waals surface area contributed by atoms with Crippen LogP contribution in [0.5, 0.6) is 0 Å². The third kappa shape index (κ3) is 8.22. The number of hydrogen-bond acceptors (Lipinski definition) is 2. The van der Waals surface area contributed by atoms with Crippen molar-refractivity contribution in [1.82, 2.24) is 0 Å². The summed E-state index contributed by atoms with van der Waals surface area (Å²) >= 11 is 0. The minimum Gasteiger partial charge on any atom is -0.450 e. The minimum atomic E-state index is -1.17. The van der Waals surface area contributed by atoms with Crippen molar-refractivity contribution in [2.45, 2.75) is 90.6 Å². The maximum absolute atomic E-state index is 11.3. The molecule has 0 heterocycles. The molecule has 0 amide bonds. The topological polar surface area (TPSA) is 46.5 Å². The molecule has 3 nitrogen and oxygen atoms in total. The van der Waals surface area contributed by atoms with Gasteiger partial charge in [-0.2, -0.15) is 0 Å². The van der Waals surface area contributed by atoms with E-state index in [0.29, 0.717) is 0 Å². The van der Waals surface area contributed by atoms with Gasteiger partial charge in [-0.05, 0) is 60.8 Å². The summed E-state index contributed by atoms with van der Waals surface area (Å²) in [5, 5.41) is 9.30. The maximum Gasteiger partial charge on any atom is 0.506 e. The van der Waals surface area contributed by atoms with Gasteiger partial charge in [-0.1, -0.05) is 94.5 Å². The molecule has 1 atom stereocenters. The van der Waals surface area contributed by atoms with Crippen LogP contribution in [0.25, 0.3) is 0 Å². The van der Waals surface area contributed by atoms with Crippen molar-refractivity contribution in [3.63, 3.8) is 0 Å². The lowest BCUT2D eigenvalue weighted by Crippen LogP contribution is -2.13. The van der Waals surface area contributed by atoms with E-state index in [1.807, 2.05) is 0 Å². The lowest BCUT2D eigenvalue weighted by molar-refractivity contribution is 0.0460. The fourth-order valence-corrected chi connectivity index (χ4v) is 4.25. The first-order chi connectivity index (χ1) is 14.7. The number of unbranched alkanes of at least 4 members (excludes halogenated alkanes) is 4. The van der Waals surface area contributed by atoms with Crippen LogP contribution in [0.15, 0.2) is 48.5 Å². The minimum absolute atomic E-state index is 0.356. The van der Waals surface area contributed by atoms with Crippen LogP contribution in [-0.4, -0.2) is 11.3 Å². The Morgan fingerprint density at radius 1 is 0.833 bits per heavy atom. The summed E-state index contributed by atoms with van der Waals surface area (Å²) in [5.74, 6) is 0. The summed E-state index contributed by atoms with van der Waals surface area (Å²) < 4.78 is 5.36. The summed E-state index contributed by atoms with van der Waals surface area (Å²) in [6.45, 7) is 4.36. The number of aryl methyl sites for hydroxylation is 2. The Morgan fingerprint density at radius 2 is 1.53 bits per heavy atom. The number of carboxylic acid groups (broad SMARTS) is 1. The summed E-state index contributed by atoms with van der Waals surface area (Å²) in [6, 6.07) is 16.9. The van der Waals surface area contributed by atoms with Crippen molar-refractivity contribution < 1.29 is 14.6 Å². The Kier molecular flexibility index (Phi) is 11.1. The largest absolute Gasteiger partial charge is 0.506 e. The summed E-state index contributed by atoms with van der Waals surface area (Å²) in [7, 11) is 0. The first kappa shape index (κ1) is 24.0. The number of ether oxygens (including phenoxy) is 1. The van der Waals surface area contributed by atoms with Crippen LogP contribution < -0.4 is 0 Å². The predicted molar refractivity (Wildman–Crippen MR) is 124 cm³/mol. The second kappa shape index (κ2) is 13.8. The van der Waals surface area contributed by atoms with E-state index in [1.54, 1.807) is 0 Å². The molecule has 0 spiro atoms. The second-order valence-electron chi connectivity index (χ2n) is 8.15. The van der Waals surface area contributed by atoms with Crippen molar-refractivity contribution in [3.8, 4) is 0 Å². The van der Waals surface area contributed by atoms with Crippen LogP contribution in [0, 0.1) is 0 Å². The van der Waals surface area contributed by atoms with Gasteiger partial charge in [0.25, 0.3) is 0 Å². The fraction of sp³-hybridized carbons (Fsp3) is 0.519. The van der Waals surface area contributed by atoms with Gasteiger partial charge in [0.1, 0.15) is 6.10 Å². The predicted octanol–water partition coefficient (Wildman–Crippen LogP) is 7.91. The average molecular weight is 411 g/mol. The van der Waals surface area contributed by atoms with Crippen LogP contribution in [-0.2, 0) is 24.0 Å². The van der Waals surface area contributed by atoms with Crippen molar-refractivity contribution in [2.75, 3.05) is 0 Å². The van der Waals surface area contributed by atoms with Gasteiger partial charge < -0.3 is 9.84 Å². The SMILES string of the molecule is CCCc1cccc(C(CCCCCCCc2ccccc2)OC(=O)O)c1CCC. The van der Waals surface area contributed by atoms with E-state index < -0.39 is 6.16 Å². The van der Waals surface area contributed by atoms with Crippen LogP contribution in [0.4, 0.5) is 4.79 Å². The van der Waals surface area contributed by atoms with E-state index in [2.05, 4.69) is 62.4 Å². The zero-order chi connectivity index (χ0) is 21.6. The first-order valence-corrected chi connectivity index (χ1v) is 11.7. The second-order valence-corrected chi connectivity index (χ2v) is 8.15. The molecule has 2 rings (SSSR count). The third-order valence-corrected chi connectivity index (χ3v) is 5.69. The van der Waals surface area contributed by atoms with Gasteiger partial charge in [0.2, 0.25) is 0 Å². The Hall–Kier alpha value is -2.29. The average Bonchev–Trinajstić information content (AvgIpc) is 2.74. The molecule has 30 heavy (non-hydrogen) atoms. The van der Waals surface area contributed by atoms with Crippen LogP contribution >= 0.6 is 0 Å². The maximum atomic E-state index is 11.3. The number of carbonyl (C=O) groups is 1. The summed E-state index contributed by atoms with van der Waals surface area (Å²) in [4.78, 5) is 11.3. The van der Waals surface area contributed by atoms with Gasteiger partial charge in [0.05, 0.1) is 0 Å². The molecule has 1 N–H and O–H groups in total. The van der Waals surface area contributed by atoms with E-state index in [0.717, 1.165) is 56.9 Å². The molecule has 0 aliphatic heterocycles. The molecular formula is C27H38O3. The molecular weight excluding hydrogens is 372 g/mol. The standard InChI is InChI=1S/C27H38O3/c1-3-14-23-19-13-20-25(24(23)15-4-2)26(30-27(28)29)21-12-7-5-6-9-16-22-17-10-8-11-18-22/h8,10-11,13,17-20,26H,3-7,9,12,14-16,21H2,1-2H3,(H,28,29). The van der Waals surface area contributed by atoms with E-state index >= 15 is 0 Å². The van der Waals surface area contributed by atoms with Crippen molar-refractivity contribution in [3.05, 3.63) is 70.8 Å². The van der Waals surface area contributed by atoms with E-state index in [-0.39, 0.29) is 6.10 Å². The van der Waals surface area contributed by atoms with Gasteiger partial charge in [0, 0.05) is 0 Å². The molecule has 0 saturated carbocycles. The third-order valence-electron chi connectivity index (χ3n) is 5.69.